The Hall–Kier alpha value is -2.77. The van der Waals surface area contributed by atoms with E-state index < -0.39 is 0 Å². The molecule has 0 spiro atoms. The molecule has 1 aromatic heterocycles. The molecule has 0 fully saturated rings. The summed E-state index contributed by atoms with van der Waals surface area (Å²) in [5.74, 6) is 0.865. The number of rotatable bonds is 5. The fourth-order valence-corrected chi connectivity index (χ4v) is 3.57. The lowest BCUT2D eigenvalue weighted by atomic mass is 10.1. The molecule has 120 valence electrons. The number of ether oxygens (including phenoxy) is 1. The largest absolute Gasteiger partial charge is 0.497 e. The van der Waals surface area contributed by atoms with Gasteiger partial charge in [-0.05, 0) is 42.0 Å². The van der Waals surface area contributed by atoms with Gasteiger partial charge in [0.1, 0.15) is 5.75 Å². The second-order valence-corrected chi connectivity index (χ2v) is 6.68. The molecule has 0 saturated carbocycles. The smallest absolute Gasteiger partial charge is 0.120 e. The fraction of sp³-hybridized carbons (Fsp3) is 0.150. The average Bonchev–Trinajstić information content (AvgIpc) is 3.10. The number of nitrogens with zero attached hydrogens (tertiary/aromatic N) is 2. The van der Waals surface area contributed by atoms with Crippen LogP contribution < -0.4 is 9.64 Å². The molecule has 0 bridgehead atoms. The Kier molecular flexibility index (Phi) is 4.83. The van der Waals surface area contributed by atoms with Crippen molar-refractivity contribution in [3.8, 4) is 22.3 Å². The quantitative estimate of drug-likeness (QED) is 0.663. The van der Waals surface area contributed by atoms with Crippen molar-refractivity contribution in [3.05, 3.63) is 71.1 Å². The molecular formula is C20H18N2OS. The Labute approximate surface area is 146 Å². The Morgan fingerprint density at radius 2 is 1.88 bits per heavy atom. The van der Waals surface area contributed by atoms with Gasteiger partial charge in [-0.15, -0.1) is 11.3 Å². The molecular weight excluding hydrogens is 316 g/mol. The highest BCUT2D eigenvalue weighted by atomic mass is 32.1. The van der Waals surface area contributed by atoms with Crippen molar-refractivity contribution >= 4 is 17.0 Å². The Morgan fingerprint density at radius 3 is 2.58 bits per heavy atom. The van der Waals surface area contributed by atoms with E-state index in [-0.39, 0.29) is 0 Å². The molecule has 0 unspecified atom stereocenters. The minimum Gasteiger partial charge on any atom is -0.497 e. The number of anilines is 1. The average molecular weight is 334 g/mol. The molecule has 24 heavy (non-hydrogen) atoms. The number of hydrogen-bond donors (Lipinski definition) is 0. The number of nitriles is 1. The van der Waals surface area contributed by atoms with Gasteiger partial charge in [0.2, 0.25) is 0 Å². The van der Waals surface area contributed by atoms with Gasteiger partial charge in [0, 0.05) is 28.6 Å². The highest BCUT2D eigenvalue weighted by molar-refractivity contribution is 7.15. The van der Waals surface area contributed by atoms with Crippen LogP contribution in [0.3, 0.4) is 0 Å². The summed E-state index contributed by atoms with van der Waals surface area (Å²) < 4.78 is 5.29. The highest BCUT2D eigenvalue weighted by Gasteiger charge is 2.07. The SMILES string of the molecule is COc1cccc(N(C)Cc2ccc(-c3ccc(C#N)cc3)s2)c1. The van der Waals surface area contributed by atoms with E-state index in [4.69, 9.17) is 10.00 Å². The zero-order valence-electron chi connectivity index (χ0n) is 13.7. The Morgan fingerprint density at radius 1 is 1.08 bits per heavy atom. The van der Waals surface area contributed by atoms with Crippen LogP contribution in [0.4, 0.5) is 5.69 Å². The van der Waals surface area contributed by atoms with Crippen molar-refractivity contribution in [2.24, 2.45) is 0 Å². The Balaban J connectivity index is 1.74. The molecule has 2 aromatic carbocycles. The predicted octanol–water partition coefficient (Wildman–Crippen LogP) is 4.93. The summed E-state index contributed by atoms with van der Waals surface area (Å²) >= 11 is 1.78. The topological polar surface area (TPSA) is 36.3 Å². The summed E-state index contributed by atoms with van der Waals surface area (Å²) in [5, 5.41) is 8.89. The van der Waals surface area contributed by atoms with Crippen LogP contribution in [0.1, 0.15) is 10.4 Å². The first-order valence-electron chi connectivity index (χ1n) is 7.64. The van der Waals surface area contributed by atoms with E-state index in [9.17, 15) is 0 Å². The molecule has 0 saturated heterocycles. The maximum atomic E-state index is 8.89. The lowest BCUT2D eigenvalue weighted by molar-refractivity contribution is 0.415. The van der Waals surface area contributed by atoms with Crippen molar-refractivity contribution in [1.29, 1.82) is 5.26 Å². The summed E-state index contributed by atoms with van der Waals surface area (Å²) in [7, 11) is 3.76. The number of thiophene rings is 1. The molecule has 0 N–H and O–H groups in total. The van der Waals surface area contributed by atoms with E-state index in [2.05, 4.69) is 36.2 Å². The third kappa shape index (κ3) is 3.58. The zero-order valence-corrected chi connectivity index (χ0v) is 14.5. The van der Waals surface area contributed by atoms with Gasteiger partial charge in [-0.3, -0.25) is 0 Å². The van der Waals surface area contributed by atoms with Gasteiger partial charge in [-0.1, -0.05) is 18.2 Å². The maximum absolute atomic E-state index is 8.89. The molecule has 3 aromatic rings. The molecule has 0 aliphatic heterocycles. The third-order valence-corrected chi connectivity index (χ3v) is 4.97. The third-order valence-electron chi connectivity index (χ3n) is 3.85. The van der Waals surface area contributed by atoms with Crippen molar-refractivity contribution in [3.63, 3.8) is 0 Å². The first kappa shape index (κ1) is 16.1. The second-order valence-electron chi connectivity index (χ2n) is 5.51. The van der Waals surface area contributed by atoms with Crippen LogP contribution in [-0.2, 0) is 6.54 Å². The van der Waals surface area contributed by atoms with Gasteiger partial charge in [0.25, 0.3) is 0 Å². The van der Waals surface area contributed by atoms with Crippen LogP contribution in [0, 0.1) is 11.3 Å². The van der Waals surface area contributed by atoms with Crippen LogP contribution in [0.15, 0.2) is 60.7 Å². The van der Waals surface area contributed by atoms with Crippen LogP contribution in [0.5, 0.6) is 5.75 Å². The number of benzene rings is 2. The summed E-state index contributed by atoms with van der Waals surface area (Å²) in [4.78, 5) is 4.71. The van der Waals surface area contributed by atoms with Crippen molar-refractivity contribution in [2.75, 3.05) is 19.1 Å². The minimum absolute atomic E-state index is 0.688. The van der Waals surface area contributed by atoms with E-state index in [1.807, 2.05) is 42.5 Å². The summed E-state index contributed by atoms with van der Waals surface area (Å²) in [6.07, 6.45) is 0. The molecule has 0 aliphatic rings. The summed E-state index contributed by atoms with van der Waals surface area (Å²) in [5.41, 5.74) is 2.96. The zero-order chi connectivity index (χ0) is 16.9. The number of methoxy groups -OCH3 is 1. The second kappa shape index (κ2) is 7.20. The molecule has 0 aliphatic carbocycles. The molecule has 1 heterocycles. The Bertz CT molecular complexity index is 862. The summed E-state index contributed by atoms with van der Waals surface area (Å²) in [6.45, 7) is 0.841. The molecule has 0 atom stereocenters. The minimum atomic E-state index is 0.688. The predicted molar refractivity (Wildman–Crippen MR) is 99.6 cm³/mol. The molecule has 0 amide bonds. The van der Waals surface area contributed by atoms with Gasteiger partial charge in [0.15, 0.2) is 0 Å². The standard InChI is InChI=1S/C20H18N2OS/c1-22(17-4-3-5-18(12-17)23-2)14-19-10-11-20(24-19)16-8-6-15(13-21)7-9-16/h3-12H,14H2,1-2H3. The van der Waals surface area contributed by atoms with E-state index in [0.29, 0.717) is 5.56 Å². The highest BCUT2D eigenvalue weighted by Crippen LogP contribution is 2.30. The van der Waals surface area contributed by atoms with E-state index in [1.54, 1.807) is 18.4 Å². The van der Waals surface area contributed by atoms with E-state index in [1.165, 1.54) is 9.75 Å². The van der Waals surface area contributed by atoms with Gasteiger partial charge >= 0.3 is 0 Å². The lowest BCUT2D eigenvalue weighted by Gasteiger charge is -2.19. The fourth-order valence-electron chi connectivity index (χ4n) is 2.50. The monoisotopic (exact) mass is 334 g/mol. The van der Waals surface area contributed by atoms with Crippen molar-refractivity contribution < 1.29 is 4.74 Å². The molecule has 4 heteroatoms. The maximum Gasteiger partial charge on any atom is 0.120 e. The van der Waals surface area contributed by atoms with Crippen LogP contribution >= 0.6 is 11.3 Å². The van der Waals surface area contributed by atoms with E-state index >= 15 is 0 Å². The normalized spacial score (nSPS) is 10.2. The van der Waals surface area contributed by atoms with Gasteiger partial charge < -0.3 is 9.64 Å². The van der Waals surface area contributed by atoms with Crippen molar-refractivity contribution in [1.82, 2.24) is 0 Å². The number of hydrogen-bond acceptors (Lipinski definition) is 4. The van der Waals surface area contributed by atoms with Gasteiger partial charge in [0.05, 0.1) is 25.3 Å². The van der Waals surface area contributed by atoms with Crippen LogP contribution in [0.25, 0.3) is 10.4 Å². The molecule has 3 rings (SSSR count). The van der Waals surface area contributed by atoms with Gasteiger partial charge in [-0.25, -0.2) is 0 Å². The summed E-state index contributed by atoms with van der Waals surface area (Å²) in [6, 6.07) is 22.2. The van der Waals surface area contributed by atoms with E-state index in [0.717, 1.165) is 23.5 Å². The van der Waals surface area contributed by atoms with Gasteiger partial charge in [-0.2, -0.15) is 5.26 Å². The molecule has 0 radical (unpaired) electrons. The first-order chi connectivity index (χ1) is 11.7. The van der Waals surface area contributed by atoms with Crippen LogP contribution in [0.2, 0.25) is 0 Å². The molecule has 3 nitrogen and oxygen atoms in total. The van der Waals surface area contributed by atoms with Crippen LogP contribution in [-0.4, -0.2) is 14.2 Å². The first-order valence-corrected chi connectivity index (χ1v) is 8.45. The van der Waals surface area contributed by atoms with Crippen molar-refractivity contribution in [2.45, 2.75) is 6.54 Å². The lowest BCUT2D eigenvalue weighted by Crippen LogP contribution is -2.15.